The Bertz CT molecular complexity index is 1390. The first-order valence-electron chi connectivity index (χ1n) is 14.7. The lowest BCUT2D eigenvalue weighted by molar-refractivity contribution is -0.0611. The van der Waals surface area contributed by atoms with Crippen molar-refractivity contribution in [1.82, 2.24) is 19.7 Å². The number of benzene rings is 2. The SMILES string of the molecule is C[C@H]1CCCN(Cc2cc(CC3CC3)cc(N3Cc4ccc(C5(Cc6nncn6C)COC5)cc4C3=O)c2)C1. The first-order chi connectivity index (χ1) is 19.0. The van der Waals surface area contributed by atoms with Crippen LogP contribution in [-0.2, 0) is 43.1 Å². The van der Waals surface area contributed by atoms with Gasteiger partial charge in [0, 0.05) is 43.2 Å². The van der Waals surface area contributed by atoms with Crippen LogP contribution in [0.4, 0.5) is 5.69 Å². The molecule has 1 saturated carbocycles. The Morgan fingerprint density at radius 2 is 1.92 bits per heavy atom. The lowest BCUT2D eigenvalue weighted by Crippen LogP contribution is -2.49. The molecule has 0 unspecified atom stereocenters. The van der Waals surface area contributed by atoms with Crippen molar-refractivity contribution in [3.63, 3.8) is 0 Å². The lowest BCUT2D eigenvalue weighted by atomic mass is 9.75. The van der Waals surface area contributed by atoms with Crippen LogP contribution in [0.3, 0.4) is 0 Å². The lowest BCUT2D eigenvalue weighted by Gasteiger charge is -2.41. The summed E-state index contributed by atoms with van der Waals surface area (Å²) in [6.07, 6.45) is 8.89. The van der Waals surface area contributed by atoms with E-state index in [1.54, 1.807) is 6.33 Å². The van der Waals surface area contributed by atoms with E-state index in [-0.39, 0.29) is 11.3 Å². The molecule has 39 heavy (non-hydrogen) atoms. The Morgan fingerprint density at radius 3 is 2.64 bits per heavy atom. The highest BCUT2D eigenvalue weighted by Gasteiger charge is 2.43. The largest absolute Gasteiger partial charge is 0.379 e. The highest BCUT2D eigenvalue weighted by Crippen LogP contribution is 2.39. The number of hydrogen-bond donors (Lipinski definition) is 0. The molecule has 1 amide bonds. The van der Waals surface area contributed by atoms with Crippen LogP contribution in [0.1, 0.15) is 71.0 Å². The minimum atomic E-state index is -0.160. The average molecular weight is 526 g/mol. The molecule has 7 nitrogen and oxygen atoms in total. The van der Waals surface area contributed by atoms with Crippen LogP contribution in [0, 0.1) is 11.8 Å². The Hall–Kier alpha value is -3.03. The smallest absolute Gasteiger partial charge is 0.258 e. The molecular formula is C32H39N5O2. The Labute approximate surface area is 231 Å². The minimum Gasteiger partial charge on any atom is -0.379 e. The minimum absolute atomic E-state index is 0.113. The van der Waals surface area contributed by atoms with Crippen LogP contribution in [0.15, 0.2) is 42.7 Å². The number of anilines is 1. The maximum absolute atomic E-state index is 13.9. The van der Waals surface area contributed by atoms with Crippen LogP contribution in [0.5, 0.6) is 0 Å². The van der Waals surface area contributed by atoms with Crippen molar-refractivity contribution in [2.24, 2.45) is 18.9 Å². The monoisotopic (exact) mass is 525 g/mol. The van der Waals surface area contributed by atoms with E-state index in [4.69, 9.17) is 4.74 Å². The molecule has 1 aliphatic carbocycles. The summed E-state index contributed by atoms with van der Waals surface area (Å²) in [6.45, 7) is 7.58. The van der Waals surface area contributed by atoms with E-state index in [2.05, 4.69) is 58.4 Å². The number of ether oxygens (including phenoxy) is 1. The number of carbonyl (C=O) groups excluding carboxylic acids is 1. The third-order valence-corrected chi connectivity index (χ3v) is 9.30. The quantitative estimate of drug-likeness (QED) is 0.428. The Balaban J connectivity index is 1.16. The zero-order valence-electron chi connectivity index (χ0n) is 23.2. The van der Waals surface area contributed by atoms with Crippen molar-refractivity contribution in [2.75, 3.05) is 31.2 Å². The normalized spacial score (nSPS) is 22.7. The van der Waals surface area contributed by atoms with Gasteiger partial charge in [0.25, 0.3) is 5.91 Å². The van der Waals surface area contributed by atoms with Crippen LogP contribution in [0.25, 0.3) is 0 Å². The first kappa shape index (κ1) is 25.0. The van der Waals surface area contributed by atoms with Gasteiger partial charge < -0.3 is 14.2 Å². The molecule has 0 spiro atoms. The summed E-state index contributed by atoms with van der Waals surface area (Å²) in [5.41, 5.74) is 6.72. The van der Waals surface area contributed by atoms with Crippen LogP contribution in [0.2, 0.25) is 0 Å². The summed E-state index contributed by atoms with van der Waals surface area (Å²) in [5.74, 6) is 2.62. The fraction of sp³-hybridized carbons (Fsp3) is 0.531. The second-order valence-electron chi connectivity index (χ2n) is 12.7. The fourth-order valence-corrected chi connectivity index (χ4v) is 6.78. The molecule has 0 radical (unpaired) electrons. The summed E-state index contributed by atoms with van der Waals surface area (Å²) >= 11 is 0. The maximum atomic E-state index is 13.9. The molecule has 2 aromatic carbocycles. The Morgan fingerprint density at radius 1 is 1.08 bits per heavy atom. The summed E-state index contributed by atoms with van der Waals surface area (Å²) in [4.78, 5) is 18.5. The van der Waals surface area contributed by atoms with Crippen molar-refractivity contribution < 1.29 is 9.53 Å². The molecule has 0 bridgehead atoms. The molecule has 3 aromatic rings. The highest BCUT2D eigenvalue weighted by atomic mass is 16.5. The highest BCUT2D eigenvalue weighted by molar-refractivity contribution is 6.10. The van der Waals surface area contributed by atoms with Gasteiger partial charge in [0.1, 0.15) is 12.2 Å². The Kier molecular flexibility index (Phi) is 6.31. The third kappa shape index (κ3) is 4.91. The molecule has 4 heterocycles. The average Bonchev–Trinajstić information content (AvgIpc) is 3.52. The van der Waals surface area contributed by atoms with Gasteiger partial charge in [-0.1, -0.05) is 25.1 Å². The van der Waals surface area contributed by atoms with Gasteiger partial charge in [-0.15, -0.1) is 10.2 Å². The number of aromatic nitrogens is 3. The summed E-state index contributed by atoms with van der Waals surface area (Å²) in [5, 5.41) is 8.37. The molecule has 0 N–H and O–H groups in total. The third-order valence-electron chi connectivity index (χ3n) is 9.30. The molecule has 2 saturated heterocycles. The van der Waals surface area contributed by atoms with Crippen LogP contribution >= 0.6 is 0 Å². The van der Waals surface area contributed by atoms with E-state index in [1.165, 1.54) is 49.9 Å². The molecule has 7 heteroatoms. The van der Waals surface area contributed by atoms with Gasteiger partial charge >= 0.3 is 0 Å². The molecule has 7 rings (SSSR count). The molecule has 3 aliphatic heterocycles. The number of aryl methyl sites for hydroxylation is 1. The standard InChI is InChI=1S/C32H39N5O2/c1-22-4-3-9-36(16-22)17-25-11-24(10-23-5-6-23)12-28(13-25)37-18-26-7-8-27(14-29(26)31(37)38)32(19-39-20-32)15-30-34-33-21-35(30)2/h7-8,11-14,21-23H,3-6,9-10,15-20H2,1-2H3/t22-/m0/s1. The number of amides is 1. The van der Waals surface area contributed by atoms with E-state index >= 15 is 0 Å². The van der Waals surface area contributed by atoms with Crippen LogP contribution in [-0.4, -0.2) is 51.9 Å². The predicted molar refractivity (Wildman–Crippen MR) is 151 cm³/mol. The van der Waals surface area contributed by atoms with Gasteiger partial charge in [0.2, 0.25) is 0 Å². The maximum Gasteiger partial charge on any atom is 0.258 e. The van der Waals surface area contributed by atoms with E-state index < -0.39 is 0 Å². The number of rotatable bonds is 8. The van der Waals surface area contributed by atoms with Crippen molar-refractivity contribution in [2.45, 2.75) is 64.0 Å². The van der Waals surface area contributed by atoms with Gasteiger partial charge in [-0.05, 0) is 90.9 Å². The predicted octanol–water partition coefficient (Wildman–Crippen LogP) is 4.67. The summed E-state index contributed by atoms with van der Waals surface area (Å²) in [6, 6.07) is 13.4. The van der Waals surface area contributed by atoms with E-state index in [9.17, 15) is 4.79 Å². The zero-order valence-corrected chi connectivity index (χ0v) is 23.2. The summed E-state index contributed by atoms with van der Waals surface area (Å²) < 4.78 is 7.66. The van der Waals surface area contributed by atoms with Crippen LogP contribution < -0.4 is 4.90 Å². The van der Waals surface area contributed by atoms with Gasteiger partial charge in [-0.25, -0.2) is 0 Å². The molecule has 3 fully saturated rings. The van der Waals surface area contributed by atoms with Crippen molar-refractivity contribution in [1.29, 1.82) is 0 Å². The second-order valence-corrected chi connectivity index (χ2v) is 12.7. The molecule has 1 atom stereocenters. The van der Waals surface area contributed by atoms with Crippen molar-refractivity contribution in [3.8, 4) is 0 Å². The molecule has 4 aliphatic rings. The second kappa shape index (κ2) is 9.86. The fourth-order valence-electron chi connectivity index (χ4n) is 6.78. The number of hydrogen-bond acceptors (Lipinski definition) is 5. The zero-order chi connectivity index (χ0) is 26.6. The first-order valence-corrected chi connectivity index (χ1v) is 14.7. The number of likely N-dealkylation sites (tertiary alicyclic amines) is 1. The molecule has 1 aromatic heterocycles. The number of nitrogens with zero attached hydrogens (tertiary/aromatic N) is 5. The van der Waals surface area contributed by atoms with E-state index in [1.807, 2.05) is 16.5 Å². The van der Waals surface area contributed by atoms with Gasteiger partial charge in [0.15, 0.2) is 0 Å². The van der Waals surface area contributed by atoms with E-state index in [0.717, 1.165) is 59.4 Å². The van der Waals surface area contributed by atoms with E-state index in [0.29, 0.717) is 19.8 Å². The van der Waals surface area contributed by atoms with Gasteiger partial charge in [-0.2, -0.15) is 0 Å². The molecular weight excluding hydrogens is 486 g/mol. The molecule has 204 valence electrons. The number of carbonyl (C=O) groups is 1. The summed E-state index contributed by atoms with van der Waals surface area (Å²) in [7, 11) is 1.98. The van der Waals surface area contributed by atoms with Gasteiger partial charge in [-0.3, -0.25) is 9.69 Å². The number of piperidine rings is 1. The van der Waals surface area contributed by atoms with Gasteiger partial charge in [0.05, 0.1) is 19.8 Å². The number of fused-ring (bicyclic) bond motifs is 1. The topological polar surface area (TPSA) is 63.5 Å². The van der Waals surface area contributed by atoms with Crippen molar-refractivity contribution >= 4 is 11.6 Å². The van der Waals surface area contributed by atoms with Crippen molar-refractivity contribution in [3.05, 3.63) is 76.4 Å².